The van der Waals surface area contributed by atoms with Crippen LogP contribution in [0, 0.1) is 11.3 Å². The molecule has 0 amide bonds. The molecule has 0 spiro atoms. The van der Waals surface area contributed by atoms with Gasteiger partial charge in [-0.15, -0.1) is 11.3 Å². The zero-order valence-corrected chi connectivity index (χ0v) is 12.7. The molecule has 5 heteroatoms. The fraction of sp³-hybridized carbons (Fsp3) is 0.250. The van der Waals surface area contributed by atoms with Gasteiger partial charge in [-0.2, -0.15) is 5.26 Å². The van der Waals surface area contributed by atoms with Crippen molar-refractivity contribution in [2.45, 2.75) is 26.4 Å². The minimum absolute atomic E-state index is 0.166. The first-order valence-electron chi connectivity index (χ1n) is 6.77. The number of fused-ring (bicyclic) bond motifs is 1. The SMILES string of the molecule is CC(C)Oc1ccc(-c2csc3ncc(CC#N)n23)cc1. The van der Waals surface area contributed by atoms with E-state index in [0.717, 1.165) is 27.7 Å². The Morgan fingerprint density at radius 2 is 2.10 bits per heavy atom. The number of benzene rings is 1. The van der Waals surface area contributed by atoms with E-state index >= 15 is 0 Å². The normalized spacial score (nSPS) is 11.0. The third kappa shape index (κ3) is 2.63. The van der Waals surface area contributed by atoms with Gasteiger partial charge < -0.3 is 4.74 Å². The van der Waals surface area contributed by atoms with E-state index in [0.29, 0.717) is 6.42 Å². The molecule has 1 aromatic carbocycles. The number of ether oxygens (including phenoxy) is 1. The van der Waals surface area contributed by atoms with Crippen LogP contribution in [0.5, 0.6) is 5.75 Å². The minimum Gasteiger partial charge on any atom is -0.491 e. The number of thiazole rings is 1. The molecule has 3 rings (SSSR count). The number of nitrogens with zero attached hydrogens (tertiary/aromatic N) is 3. The van der Waals surface area contributed by atoms with Crippen molar-refractivity contribution in [3.8, 4) is 23.1 Å². The summed E-state index contributed by atoms with van der Waals surface area (Å²) in [6.45, 7) is 4.02. The highest BCUT2D eigenvalue weighted by Crippen LogP contribution is 2.29. The fourth-order valence-corrected chi connectivity index (χ4v) is 3.14. The molecule has 0 aliphatic carbocycles. The van der Waals surface area contributed by atoms with Crippen LogP contribution in [0.4, 0.5) is 0 Å². The number of hydrogen-bond donors (Lipinski definition) is 0. The van der Waals surface area contributed by atoms with Crippen molar-refractivity contribution in [3.05, 3.63) is 41.5 Å². The molecular weight excluding hydrogens is 282 g/mol. The van der Waals surface area contributed by atoms with Crippen molar-refractivity contribution in [3.63, 3.8) is 0 Å². The van der Waals surface area contributed by atoms with Crippen LogP contribution in [0.15, 0.2) is 35.8 Å². The minimum atomic E-state index is 0.166. The Morgan fingerprint density at radius 3 is 2.76 bits per heavy atom. The first-order chi connectivity index (χ1) is 10.2. The van der Waals surface area contributed by atoms with Crippen molar-refractivity contribution in [1.29, 1.82) is 5.26 Å². The summed E-state index contributed by atoms with van der Waals surface area (Å²) < 4.78 is 7.71. The van der Waals surface area contributed by atoms with Gasteiger partial charge in [-0.1, -0.05) is 0 Å². The van der Waals surface area contributed by atoms with Gasteiger partial charge in [0, 0.05) is 5.38 Å². The quantitative estimate of drug-likeness (QED) is 0.733. The van der Waals surface area contributed by atoms with E-state index in [2.05, 4.69) is 16.4 Å². The number of rotatable bonds is 4. The molecule has 0 saturated carbocycles. The smallest absolute Gasteiger partial charge is 0.194 e. The molecule has 0 aliphatic rings. The van der Waals surface area contributed by atoms with E-state index in [1.54, 1.807) is 17.5 Å². The molecule has 0 saturated heterocycles. The van der Waals surface area contributed by atoms with Crippen LogP contribution in [-0.2, 0) is 6.42 Å². The lowest BCUT2D eigenvalue weighted by Gasteiger charge is -2.10. The summed E-state index contributed by atoms with van der Waals surface area (Å²) >= 11 is 1.58. The van der Waals surface area contributed by atoms with Gasteiger partial charge in [0.25, 0.3) is 0 Å². The van der Waals surface area contributed by atoms with Crippen LogP contribution < -0.4 is 4.74 Å². The number of nitriles is 1. The zero-order chi connectivity index (χ0) is 14.8. The maximum Gasteiger partial charge on any atom is 0.194 e. The molecule has 0 bridgehead atoms. The molecule has 106 valence electrons. The van der Waals surface area contributed by atoms with Crippen LogP contribution in [0.2, 0.25) is 0 Å². The summed E-state index contributed by atoms with van der Waals surface area (Å²) in [7, 11) is 0. The topological polar surface area (TPSA) is 50.3 Å². The maximum absolute atomic E-state index is 8.91. The van der Waals surface area contributed by atoms with Gasteiger partial charge in [0.15, 0.2) is 4.96 Å². The summed E-state index contributed by atoms with van der Waals surface area (Å²) in [5.41, 5.74) is 3.08. The molecule has 0 unspecified atom stereocenters. The molecule has 3 aromatic rings. The van der Waals surface area contributed by atoms with Gasteiger partial charge in [0.1, 0.15) is 5.75 Å². The van der Waals surface area contributed by atoms with E-state index in [1.165, 1.54) is 0 Å². The molecular formula is C16H15N3OS. The molecule has 0 fully saturated rings. The highest BCUT2D eigenvalue weighted by Gasteiger charge is 2.11. The lowest BCUT2D eigenvalue weighted by molar-refractivity contribution is 0.242. The second-order valence-electron chi connectivity index (χ2n) is 5.01. The Balaban J connectivity index is 2.00. The third-order valence-electron chi connectivity index (χ3n) is 3.10. The Hall–Kier alpha value is -2.32. The average molecular weight is 297 g/mol. The highest BCUT2D eigenvalue weighted by molar-refractivity contribution is 7.15. The second kappa shape index (κ2) is 5.58. The predicted octanol–water partition coefficient (Wildman–Crippen LogP) is 3.92. The Labute approximate surface area is 127 Å². The van der Waals surface area contributed by atoms with Crippen LogP contribution in [0.3, 0.4) is 0 Å². The van der Waals surface area contributed by atoms with Crippen LogP contribution >= 0.6 is 11.3 Å². The summed E-state index contributed by atoms with van der Waals surface area (Å²) in [5.74, 6) is 0.864. The number of aromatic nitrogens is 2. The summed E-state index contributed by atoms with van der Waals surface area (Å²) in [4.78, 5) is 5.26. The number of hydrogen-bond acceptors (Lipinski definition) is 4. The third-order valence-corrected chi connectivity index (χ3v) is 3.94. The Bertz CT molecular complexity index is 793. The zero-order valence-electron chi connectivity index (χ0n) is 11.9. The van der Waals surface area contributed by atoms with Crippen LogP contribution in [0.25, 0.3) is 16.2 Å². The molecule has 21 heavy (non-hydrogen) atoms. The molecule has 2 heterocycles. The Morgan fingerprint density at radius 1 is 1.33 bits per heavy atom. The van der Waals surface area contributed by atoms with Crippen LogP contribution in [0.1, 0.15) is 19.5 Å². The van der Waals surface area contributed by atoms with Crippen molar-refractivity contribution in [1.82, 2.24) is 9.38 Å². The molecule has 4 nitrogen and oxygen atoms in total. The first kappa shape index (κ1) is 13.7. The van der Waals surface area contributed by atoms with Gasteiger partial charge in [0.05, 0.1) is 36.2 Å². The standard InChI is InChI=1S/C16H15N3OS/c1-11(2)20-14-5-3-12(4-6-14)15-10-21-16-18-9-13(7-8-17)19(15)16/h3-6,9-11H,7H2,1-2H3. The lowest BCUT2D eigenvalue weighted by atomic mass is 10.1. The van der Waals surface area contributed by atoms with Gasteiger partial charge >= 0.3 is 0 Å². The largest absolute Gasteiger partial charge is 0.491 e. The van der Waals surface area contributed by atoms with Crippen molar-refractivity contribution < 1.29 is 4.74 Å². The molecule has 0 radical (unpaired) electrons. The van der Waals surface area contributed by atoms with Crippen molar-refractivity contribution >= 4 is 16.3 Å². The van der Waals surface area contributed by atoms with Gasteiger partial charge in [0.2, 0.25) is 0 Å². The monoisotopic (exact) mass is 297 g/mol. The van der Waals surface area contributed by atoms with E-state index in [9.17, 15) is 0 Å². The van der Waals surface area contributed by atoms with E-state index in [4.69, 9.17) is 10.00 Å². The van der Waals surface area contributed by atoms with Gasteiger partial charge in [-0.3, -0.25) is 4.40 Å². The van der Waals surface area contributed by atoms with Gasteiger partial charge in [-0.25, -0.2) is 4.98 Å². The Kier molecular flexibility index (Phi) is 3.63. The summed E-state index contributed by atoms with van der Waals surface area (Å²) in [5, 5.41) is 11.0. The molecule has 0 atom stereocenters. The average Bonchev–Trinajstić information content (AvgIpc) is 3.03. The predicted molar refractivity (Wildman–Crippen MR) is 83.6 cm³/mol. The highest BCUT2D eigenvalue weighted by atomic mass is 32.1. The fourth-order valence-electron chi connectivity index (χ4n) is 2.25. The van der Waals surface area contributed by atoms with Gasteiger partial charge in [-0.05, 0) is 43.7 Å². The van der Waals surface area contributed by atoms with Crippen molar-refractivity contribution in [2.75, 3.05) is 0 Å². The van der Waals surface area contributed by atoms with E-state index < -0.39 is 0 Å². The number of imidazole rings is 1. The molecule has 2 aromatic heterocycles. The summed E-state index contributed by atoms with van der Waals surface area (Å²) in [6, 6.07) is 10.2. The first-order valence-corrected chi connectivity index (χ1v) is 7.65. The van der Waals surface area contributed by atoms with E-state index in [-0.39, 0.29) is 6.10 Å². The lowest BCUT2D eigenvalue weighted by Crippen LogP contribution is -2.05. The summed E-state index contributed by atoms with van der Waals surface area (Å²) in [6.07, 6.45) is 2.30. The van der Waals surface area contributed by atoms with E-state index in [1.807, 2.05) is 42.5 Å². The van der Waals surface area contributed by atoms with Crippen molar-refractivity contribution in [2.24, 2.45) is 0 Å². The second-order valence-corrected chi connectivity index (χ2v) is 5.85. The van der Waals surface area contributed by atoms with Crippen LogP contribution in [-0.4, -0.2) is 15.5 Å². The maximum atomic E-state index is 8.91. The molecule has 0 aliphatic heterocycles. The molecule has 0 N–H and O–H groups in total.